The van der Waals surface area contributed by atoms with Crippen molar-refractivity contribution in [3.05, 3.63) is 29.8 Å². The number of benzene rings is 1. The van der Waals surface area contributed by atoms with Gasteiger partial charge in [-0.2, -0.15) is 0 Å². The molecule has 0 saturated carbocycles. The predicted octanol–water partition coefficient (Wildman–Crippen LogP) is -2.11. The average Bonchev–Trinajstić information content (AvgIpc) is 2.27. The molecule has 1 atom stereocenters. The highest BCUT2D eigenvalue weighted by molar-refractivity contribution is 5.89. The van der Waals surface area contributed by atoms with Gasteiger partial charge in [-0.15, -0.1) is 0 Å². The van der Waals surface area contributed by atoms with E-state index in [1.54, 1.807) is 18.2 Å². The van der Waals surface area contributed by atoms with Gasteiger partial charge < -0.3 is 24.6 Å². The summed E-state index contributed by atoms with van der Waals surface area (Å²) in [5, 5.41) is 19.5. The summed E-state index contributed by atoms with van der Waals surface area (Å²) in [5.74, 6) is -0.963. The predicted molar refractivity (Wildman–Crippen MR) is 55.1 cm³/mol. The minimum atomic E-state index is -1.25. The molecule has 0 radical (unpaired) electrons. The highest BCUT2D eigenvalue weighted by Gasteiger charge is 2.06. The van der Waals surface area contributed by atoms with E-state index in [1.807, 2.05) is 7.05 Å². The topological polar surface area (TPSA) is 74.0 Å². The molecule has 0 aliphatic heterocycles. The Bertz CT molecular complexity index is 354. The van der Waals surface area contributed by atoms with Crippen molar-refractivity contribution >= 4 is 5.97 Å². The fourth-order valence-electron chi connectivity index (χ4n) is 1.23. The van der Waals surface area contributed by atoms with Gasteiger partial charge in [0.05, 0.1) is 19.6 Å². The lowest BCUT2D eigenvalue weighted by atomic mass is 10.2. The Morgan fingerprint density at radius 2 is 2.19 bits per heavy atom. The van der Waals surface area contributed by atoms with Crippen molar-refractivity contribution in [1.82, 2.24) is 0 Å². The number of aliphatic hydroxyl groups is 1. The van der Waals surface area contributed by atoms with Crippen molar-refractivity contribution in [2.45, 2.75) is 0 Å². The molecule has 0 bridgehead atoms. The van der Waals surface area contributed by atoms with Crippen LogP contribution in [0.25, 0.3) is 0 Å². The van der Waals surface area contributed by atoms with Gasteiger partial charge in [-0.05, 0) is 12.1 Å². The number of carbonyl (C=O) groups is 1. The number of aliphatic hydroxyl groups excluding tert-OH is 1. The number of carbonyl (C=O) groups excluding carboxylic acids is 1. The van der Waals surface area contributed by atoms with E-state index < -0.39 is 5.97 Å². The first-order valence-corrected chi connectivity index (χ1v) is 5.00. The van der Waals surface area contributed by atoms with Gasteiger partial charge in [0.25, 0.3) is 0 Å². The minimum Gasteiger partial charge on any atom is -0.545 e. The third-order valence-electron chi connectivity index (χ3n) is 2.12. The number of hydrogen-bond acceptors (Lipinski definition) is 4. The fourth-order valence-corrected chi connectivity index (χ4v) is 1.23. The van der Waals surface area contributed by atoms with Crippen molar-refractivity contribution in [3.63, 3.8) is 0 Å². The van der Waals surface area contributed by atoms with Crippen LogP contribution in [-0.4, -0.2) is 38.0 Å². The number of quaternary nitrogens is 1. The number of nitrogens with one attached hydrogen (secondary N) is 1. The normalized spacial score (nSPS) is 12.1. The summed E-state index contributed by atoms with van der Waals surface area (Å²) in [5.41, 5.74) is 0.0410. The van der Waals surface area contributed by atoms with E-state index in [2.05, 4.69) is 0 Å². The first kappa shape index (κ1) is 12.5. The van der Waals surface area contributed by atoms with E-state index in [4.69, 9.17) is 9.84 Å². The second kappa shape index (κ2) is 6.09. The summed E-state index contributed by atoms with van der Waals surface area (Å²) in [6, 6.07) is 6.33. The van der Waals surface area contributed by atoms with Crippen LogP contribution in [0.4, 0.5) is 0 Å². The minimum absolute atomic E-state index is 0.0410. The number of aromatic carboxylic acids is 1. The van der Waals surface area contributed by atoms with Gasteiger partial charge in [0, 0.05) is 5.56 Å². The van der Waals surface area contributed by atoms with Gasteiger partial charge in [-0.3, -0.25) is 0 Å². The summed E-state index contributed by atoms with van der Waals surface area (Å²) in [4.78, 5) is 11.7. The number of para-hydroxylation sites is 1. The largest absolute Gasteiger partial charge is 0.545 e. The van der Waals surface area contributed by atoms with Gasteiger partial charge in [-0.1, -0.05) is 12.1 Å². The number of hydrogen-bond donors (Lipinski definition) is 2. The Balaban J connectivity index is 2.63. The lowest BCUT2D eigenvalue weighted by molar-refractivity contribution is -0.896. The molecule has 88 valence electrons. The smallest absolute Gasteiger partial charge is 0.222 e. The number of carboxylic acids is 1. The molecular formula is C11H15NO4. The molecule has 1 aromatic carbocycles. The first-order valence-electron chi connectivity index (χ1n) is 5.00. The van der Waals surface area contributed by atoms with Crippen molar-refractivity contribution < 1.29 is 24.6 Å². The van der Waals surface area contributed by atoms with Crippen molar-refractivity contribution in [2.24, 2.45) is 0 Å². The Morgan fingerprint density at radius 3 is 2.81 bits per heavy atom. The van der Waals surface area contributed by atoms with E-state index in [1.165, 1.54) is 6.07 Å². The summed E-state index contributed by atoms with van der Waals surface area (Å²) in [6.45, 7) is 0.912. The summed E-state index contributed by atoms with van der Waals surface area (Å²) in [7, 11) is 1.85. The van der Waals surface area contributed by atoms with E-state index in [0.29, 0.717) is 19.0 Å². The maximum absolute atomic E-state index is 10.8. The SMILES string of the molecule is C[NH+](CCO)COc1ccccc1C(=O)[O-]. The van der Waals surface area contributed by atoms with E-state index >= 15 is 0 Å². The van der Waals surface area contributed by atoms with Gasteiger partial charge in [-0.25, -0.2) is 0 Å². The Labute approximate surface area is 93.9 Å². The number of ether oxygens (including phenoxy) is 1. The van der Waals surface area contributed by atoms with Gasteiger partial charge in [0.2, 0.25) is 6.73 Å². The number of rotatable bonds is 6. The molecule has 16 heavy (non-hydrogen) atoms. The van der Waals surface area contributed by atoms with Crippen molar-refractivity contribution in [2.75, 3.05) is 26.9 Å². The fraction of sp³-hybridized carbons (Fsp3) is 0.364. The Kier molecular flexibility index (Phi) is 4.75. The van der Waals surface area contributed by atoms with Gasteiger partial charge in [0.1, 0.15) is 12.3 Å². The number of carboxylic acid groups (broad SMARTS) is 1. The second-order valence-electron chi connectivity index (χ2n) is 3.50. The maximum Gasteiger partial charge on any atom is 0.222 e. The zero-order chi connectivity index (χ0) is 12.0. The molecule has 5 heteroatoms. The van der Waals surface area contributed by atoms with Crippen LogP contribution < -0.4 is 14.7 Å². The molecule has 0 aromatic heterocycles. The van der Waals surface area contributed by atoms with Crippen molar-refractivity contribution in [3.8, 4) is 5.75 Å². The highest BCUT2D eigenvalue weighted by Crippen LogP contribution is 2.15. The maximum atomic E-state index is 10.8. The molecule has 0 heterocycles. The highest BCUT2D eigenvalue weighted by atomic mass is 16.5. The zero-order valence-corrected chi connectivity index (χ0v) is 9.10. The van der Waals surface area contributed by atoms with Crippen LogP contribution in [0.3, 0.4) is 0 Å². The molecule has 0 saturated heterocycles. The van der Waals surface area contributed by atoms with Crippen molar-refractivity contribution in [1.29, 1.82) is 0 Å². The molecule has 1 rings (SSSR count). The van der Waals surface area contributed by atoms with Crippen LogP contribution in [-0.2, 0) is 0 Å². The summed E-state index contributed by atoms with van der Waals surface area (Å²) >= 11 is 0. The molecule has 0 aliphatic rings. The first-order chi connectivity index (χ1) is 7.65. The molecule has 2 N–H and O–H groups in total. The molecule has 0 fully saturated rings. The van der Waals surface area contributed by atoms with Crippen LogP contribution in [0.15, 0.2) is 24.3 Å². The van der Waals surface area contributed by atoms with Gasteiger partial charge >= 0.3 is 0 Å². The number of likely N-dealkylation sites (N-methyl/N-ethyl adjacent to an activating group) is 1. The standard InChI is InChI=1S/C11H15NO4/c1-12(6-7-13)8-16-10-5-3-2-4-9(10)11(14)15/h2-5,13H,6-8H2,1H3,(H,14,15). The lowest BCUT2D eigenvalue weighted by Gasteiger charge is -2.15. The quantitative estimate of drug-likeness (QED) is 0.544. The van der Waals surface area contributed by atoms with Crippen LogP contribution >= 0.6 is 0 Å². The average molecular weight is 225 g/mol. The second-order valence-corrected chi connectivity index (χ2v) is 3.50. The molecule has 1 aromatic rings. The molecular weight excluding hydrogens is 210 g/mol. The van der Waals surface area contributed by atoms with Crippen LogP contribution in [0.2, 0.25) is 0 Å². The van der Waals surface area contributed by atoms with E-state index in [9.17, 15) is 9.90 Å². The van der Waals surface area contributed by atoms with Crippen LogP contribution in [0.1, 0.15) is 10.4 Å². The summed E-state index contributed by atoms with van der Waals surface area (Å²) < 4.78 is 5.34. The van der Waals surface area contributed by atoms with Gasteiger partial charge in [0.15, 0.2) is 0 Å². The summed E-state index contributed by atoms with van der Waals surface area (Å²) in [6.07, 6.45) is 0. The zero-order valence-electron chi connectivity index (χ0n) is 9.10. The van der Waals surface area contributed by atoms with Crippen LogP contribution in [0, 0.1) is 0 Å². The molecule has 0 amide bonds. The van der Waals surface area contributed by atoms with Crippen LogP contribution in [0.5, 0.6) is 5.75 Å². The third-order valence-corrected chi connectivity index (χ3v) is 2.12. The molecule has 5 nitrogen and oxygen atoms in total. The Hall–Kier alpha value is -1.59. The molecule has 0 spiro atoms. The Morgan fingerprint density at radius 1 is 1.50 bits per heavy atom. The molecule has 0 aliphatic carbocycles. The van der Waals surface area contributed by atoms with E-state index in [-0.39, 0.29) is 12.2 Å². The monoisotopic (exact) mass is 225 g/mol. The molecule has 1 unspecified atom stereocenters. The van der Waals surface area contributed by atoms with E-state index in [0.717, 1.165) is 4.90 Å². The third kappa shape index (κ3) is 3.52. The lowest BCUT2D eigenvalue weighted by Crippen LogP contribution is -3.10.